The van der Waals surface area contributed by atoms with Crippen molar-refractivity contribution in [3.8, 4) is 5.75 Å². The van der Waals surface area contributed by atoms with Gasteiger partial charge in [0.25, 0.3) is 5.91 Å². The monoisotopic (exact) mass is 401 g/mol. The van der Waals surface area contributed by atoms with Crippen molar-refractivity contribution in [1.29, 1.82) is 0 Å². The van der Waals surface area contributed by atoms with E-state index in [2.05, 4.69) is 0 Å². The Hall–Kier alpha value is -2.49. The van der Waals surface area contributed by atoms with Crippen molar-refractivity contribution in [3.63, 3.8) is 0 Å². The Morgan fingerprint density at radius 3 is 2.15 bits per heavy atom. The van der Waals surface area contributed by atoms with Gasteiger partial charge in [-0.25, -0.2) is 4.39 Å². The number of halogens is 8. The molecule has 2 aromatic carbocycles. The van der Waals surface area contributed by atoms with Crippen LogP contribution in [0.15, 0.2) is 30.3 Å². The minimum Gasteiger partial charge on any atom is -0.507 e. The summed E-state index contributed by atoms with van der Waals surface area (Å²) in [6.07, 6.45) is -10.2. The maximum Gasteiger partial charge on any atom is 0.418 e. The lowest BCUT2D eigenvalue weighted by molar-refractivity contribution is -0.142. The number of carbonyl (C=O) groups excluding carboxylic acids is 1. The van der Waals surface area contributed by atoms with E-state index in [-0.39, 0.29) is 6.07 Å². The van der Waals surface area contributed by atoms with Gasteiger partial charge in [0.1, 0.15) is 11.6 Å². The molecule has 0 atom stereocenters. The summed E-state index contributed by atoms with van der Waals surface area (Å²) in [7, 11) is 0. The summed E-state index contributed by atoms with van der Waals surface area (Å²) in [6, 6.07) is 1.74. The van der Waals surface area contributed by atoms with E-state index in [4.69, 9.17) is 11.6 Å². The van der Waals surface area contributed by atoms with Crippen LogP contribution in [0, 0.1) is 5.82 Å². The van der Waals surface area contributed by atoms with Gasteiger partial charge < -0.3 is 10.4 Å². The zero-order chi connectivity index (χ0) is 19.9. The highest BCUT2D eigenvalue weighted by Gasteiger charge is 2.38. The molecule has 2 aromatic rings. The molecule has 2 N–H and O–H groups in total. The predicted molar refractivity (Wildman–Crippen MR) is 77.5 cm³/mol. The quantitative estimate of drug-likeness (QED) is 0.655. The second kappa shape index (κ2) is 6.67. The third-order valence-corrected chi connectivity index (χ3v) is 3.47. The Morgan fingerprint density at radius 2 is 1.62 bits per heavy atom. The highest BCUT2D eigenvalue weighted by Crippen LogP contribution is 2.39. The Kier molecular flexibility index (Phi) is 5.09. The fourth-order valence-electron chi connectivity index (χ4n) is 1.97. The molecular formula is C15H7ClF7NO2. The van der Waals surface area contributed by atoms with Gasteiger partial charge in [-0.05, 0) is 24.3 Å². The van der Waals surface area contributed by atoms with Crippen LogP contribution >= 0.6 is 11.6 Å². The van der Waals surface area contributed by atoms with Gasteiger partial charge in [-0.2, -0.15) is 26.3 Å². The number of anilines is 1. The lowest BCUT2D eigenvalue weighted by Crippen LogP contribution is -2.18. The van der Waals surface area contributed by atoms with E-state index < -0.39 is 57.2 Å². The average Bonchev–Trinajstić information content (AvgIpc) is 2.49. The molecule has 0 aromatic heterocycles. The molecular weight excluding hydrogens is 395 g/mol. The first-order valence-electron chi connectivity index (χ1n) is 6.58. The number of phenols is 1. The van der Waals surface area contributed by atoms with Crippen molar-refractivity contribution in [2.45, 2.75) is 12.4 Å². The summed E-state index contributed by atoms with van der Waals surface area (Å²) in [6.45, 7) is 0. The summed E-state index contributed by atoms with van der Waals surface area (Å²) in [5.74, 6) is -3.31. The van der Waals surface area contributed by atoms with Crippen LogP contribution in [0.2, 0.25) is 5.02 Å². The third kappa shape index (κ3) is 4.18. The number of amides is 1. The van der Waals surface area contributed by atoms with Crippen LogP contribution < -0.4 is 5.32 Å². The largest absolute Gasteiger partial charge is 0.507 e. The zero-order valence-electron chi connectivity index (χ0n) is 12.3. The molecule has 0 bridgehead atoms. The molecule has 26 heavy (non-hydrogen) atoms. The van der Waals surface area contributed by atoms with Gasteiger partial charge in [-0.3, -0.25) is 4.79 Å². The molecule has 0 aliphatic heterocycles. The SMILES string of the molecule is O=C(Nc1ccc(C(F)(F)F)cc1C(F)(F)F)c1cc(Cl)c(F)cc1O. The summed E-state index contributed by atoms with van der Waals surface area (Å²) in [5.41, 5.74) is -4.94. The second-order valence-electron chi connectivity index (χ2n) is 4.99. The molecule has 0 fully saturated rings. The van der Waals surface area contributed by atoms with E-state index >= 15 is 0 Å². The Bertz CT molecular complexity index is 862. The fourth-order valence-corrected chi connectivity index (χ4v) is 2.14. The van der Waals surface area contributed by atoms with Crippen molar-refractivity contribution >= 4 is 23.2 Å². The van der Waals surface area contributed by atoms with Crippen molar-refractivity contribution in [3.05, 3.63) is 57.9 Å². The van der Waals surface area contributed by atoms with Crippen LogP contribution in [-0.4, -0.2) is 11.0 Å². The third-order valence-electron chi connectivity index (χ3n) is 3.18. The molecule has 0 spiro atoms. The first-order valence-corrected chi connectivity index (χ1v) is 6.96. The normalized spacial score (nSPS) is 12.2. The Balaban J connectivity index is 2.46. The summed E-state index contributed by atoms with van der Waals surface area (Å²) < 4.78 is 90.1. The highest BCUT2D eigenvalue weighted by molar-refractivity contribution is 6.31. The first-order chi connectivity index (χ1) is 11.8. The molecule has 0 radical (unpaired) electrons. The predicted octanol–water partition coefficient (Wildman–Crippen LogP) is 5.47. The van der Waals surface area contributed by atoms with Gasteiger partial charge in [0.2, 0.25) is 0 Å². The van der Waals surface area contributed by atoms with Gasteiger partial charge in [-0.15, -0.1) is 0 Å². The van der Waals surface area contributed by atoms with Crippen LogP contribution in [0.1, 0.15) is 21.5 Å². The van der Waals surface area contributed by atoms with Crippen molar-refractivity contribution in [1.82, 2.24) is 0 Å². The van der Waals surface area contributed by atoms with E-state index in [0.29, 0.717) is 24.3 Å². The van der Waals surface area contributed by atoms with Crippen LogP contribution in [0.3, 0.4) is 0 Å². The fraction of sp³-hybridized carbons (Fsp3) is 0.133. The molecule has 0 saturated carbocycles. The highest BCUT2D eigenvalue weighted by atomic mass is 35.5. The molecule has 0 aliphatic rings. The van der Waals surface area contributed by atoms with E-state index in [1.54, 1.807) is 5.32 Å². The number of aromatic hydroxyl groups is 1. The first kappa shape index (κ1) is 19.8. The number of nitrogens with one attached hydrogen (secondary N) is 1. The molecule has 140 valence electrons. The molecule has 2 rings (SSSR count). The number of benzene rings is 2. The van der Waals surface area contributed by atoms with Gasteiger partial charge in [0, 0.05) is 6.07 Å². The molecule has 11 heteroatoms. The van der Waals surface area contributed by atoms with Crippen molar-refractivity contribution in [2.75, 3.05) is 5.32 Å². The number of carbonyl (C=O) groups is 1. The second-order valence-corrected chi connectivity index (χ2v) is 5.40. The van der Waals surface area contributed by atoms with Gasteiger partial charge in [0.15, 0.2) is 0 Å². The van der Waals surface area contributed by atoms with Crippen LogP contribution in [-0.2, 0) is 12.4 Å². The van der Waals surface area contributed by atoms with E-state index in [1.807, 2.05) is 0 Å². The molecule has 0 heterocycles. The average molecular weight is 402 g/mol. The van der Waals surface area contributed by atoms with Gasteiger partial charge in [0.05, 0.1) is 27.4 Å². The lowest BCUT2D eigenvalue weighted by atomic mass is 10.1. The minimum atomic E-state index is -5.20. The Labute approximate surface area is 146 Å². The summed E-state index contributed by atoms with van der Waals surface area (Å²) in [4.78, 5) is 12.0. The standard InChI is InChI=1S/C15H7ClF7NO2/c16-9-4-7(12(25)5-10(9)17)13(26)24-11-2-1-6(14(18,19)20)3-8(11)15(21,22)23/h1-5,25H,(H,24,26). The minimum absolute atomic E-state index is 0.160. The number of rotatable bonds is 2. The van der Waals surface area contributed by atoms with E-state index in [0.717, 1.165) is 0 Å². The van der Waals surface area contributed by atoms with Crippen molar-refractivity contribution in [2.24, 2.45) is 0 Å². The van der Waals surface area contributed by atoms with Crippen LogP contribution in [0.5, 0.6) is 5.75 Å². The van der Waals surface area contributed by atoms with Crippen molar-refractivity contribution < 1.29 is 40.6 Å². The Morgan fingerprint density at radius 1 is 1.00 bits per heavy atom. The maximum atomic E-state index is 13.1. The lowest BCUT2D eigenvalue weighted by Gasteiger charge is -2.16. The molecule has 1 amide bonds. The summed E-state index contributed by atoms with van der Waals surface area (Å²) in [5, 5.41) is 10.7. The molecule has 3 nitrogen and oxygen atoms in total. The maximum absolute atomic E-state index is 13.1. The molecule has 0 aliphatic carbocycles. The summed E-state index contributed by atoms with van der Waals surface area (Å²) >= 11 is 5.44. The van der Waals surface area contributed by atoms with Crippen LogP contribution in [0.4, 0.5) is 36.4 Å². The topological polar surface area (TPSA) is 49.3 Å². The number of alkyl halides is 6. The van der Waals surface area contributed by atoms with Gasteiger partial charge in [-0.1, -0.05) is 11.6 Å². The molecule has 0 unspecified atom stereocenters. The molecule has 0 saturated heterocycles. The van der Waals surface area contributed by atoms with Crippen LogP contribution in [0.25, 0.3) is 0 Å². The van der Waals surface area contributed by atoms with Gasteiger partial charge >= 0.3 is 12.4 Å². The number of hydrogen-bond acceptors (Lipinski definition) is 2. The van der Waals surface area contributed by atoms with E-state index in [9.17, 15) is 40.6 Å². The number of phenolic OH excluding ortho intramolecular Hbond substituents is 1. The number of hydrogen-bond donors (Lipinski definition) is 2. The van der Waals surface area contributed by atoms with E-state index in [1.165, 1.54) is 0 Å². The smallest absolute Gasteiger partial charge is 0.418 e. The zero-order valence-corrected chi connectivity index (χ0v) is 13.0.